The lowest BCUT2D eigenvalue weighted by Gasteiger charge is -1.91. The minimum Gasteiger partial charge on any atom is -0.432 e. The topological polar surface area (TPSA) is 31.0 Å². The first-order valence-electron chi connectivity index (χ1n) is 3.11. The lowest BCUT2D eigenvalue weighted by atomic mass is 10.6. The molecule has 0 saturated carbocycles. The largest absolute Gasteiger partial charge is 0.432 e. The highest BCUT2D eigenvalue weighted by atomic mass is 79.9. The Morgan fingerprint density at radius 1 is 1.45 bits per heavy atom. The molecule has 2 aromatic heterocycles. The van der Waals surface area contributed by atoms with E-state index >= 15 is 0 Å². The summed E-state index contributed by atoms with van der Waals surface area (Å²) in [6.45, 7) is 0. The second-order valence-electron chi connectivity index (χ2n) is 2.03. The fraction of sp³-hybridized carbons (Fsp3) is 0. The molecule has 2 rings (SSSR count). The first-order chi connectivity index (χ1) is 5.36. The SMILES string of the molecule is Brc1ccc(-n2cccn2)o1. The van der Waals surface area contributed by atoms with Crippen molar-refractivity contribution in [2.24, 2.45) is 0 Å². The van der Waals surface area contributed by atoms with Gasteiger partial charge in [0, 0.05) is 18.5 Å². The monoisotopic (exact) mass is 212 g/mol. The molecule has 3 nitrogen and oxygen atoms in total. The van der Waals surface area contributed by atoms with Crippen molar-refractivity contribution in [1.82, 2.24) is 9.78 Å². The van der Waals surface area contributed by atoms with Gasteiger partial charge in [-0.15, -0.1) is 0 Å². The molecule has 0 aromatic carbocycles. The van der Waals surface area contributed by atoms with Gasteiger partial charge in [-0.2, -0.15) is 5.10 Å². The molecular weight excluding hydrogens is 208 g/mol. The Morgan fingerprint density at radius 2 is 2.36 bits per heavy atom. The van der Waals surface area contributed by atoms with Crippen LogP contribution in [0.5, 0.6) is 0 Å². The molecular formula is C7H5BrN2O. The van der Waals surface area contributed by atoms with Gasteiger partial charge in [-0.25, -0.2) is 4.68 Å². The molecule has 0 radical (unpaired) electrons. The second-order valence-corrected chi connectivity index (χ2v) is 2.81. The number of hydrogen-bond acceptors (Lipinski definition) is 2. The van der Waals surface area contributed by atoms with Crippen LogP contribution in [-0.4, -0.2) is 9.78 Å². The van der Waals surface area contributed by atoms with E-state index in [2.05, 4.69) is 21.0 Å². The second kappa shape index (κ2) is 2.54. The molecule has 0 aliphatic heterocycles. The minimum absolute atomic E-state index is 0.710. The van der Waals surface area contributed by atoms with Crippen LogP contribution in [0, 0.1) is 0 Å². The molecule has 0 spiro atoms. The van der Waals surface area contributed by atoms with Gasteiger partial charge in [-0.05, 0) is 28.1 Å². The zero-order chi connectivity index (χ0) is 7.68. The molecule has 11 heavy (non-hydrogen) atoms. The Kier molecular flexibility index (Phi) is 1.54. The molecule has 0 bridgehead atoms. The minimum atomic E-state index is 0.710. The molecule has 56 valence electrons. The molecule has 0 aliphatic carbocycles. The van der Waals surface area contributed by atoms with Gasteiger partial charge in [0.15, 0.2) is 4.67 Å². The number of hydrogen-bond donors (Lipinski definition) is 0. The summed E-state index contributed by atoms with van der Waals surface area (Å²) in [5, 5.41) is 4.00. The maximum absolute atomic E-state index is 5.24. The van der Waals surface area contributed by atoms with Crippen LogP contribution >= 0.6 is 15.9 Å². The van der Waals surface area contributed by atoms with E-state index in [1.807, 2.05) is 24.4 Å². The van der Waals surface area contributed by atoms with Gasteiger partial charge in [0.25, 0.3) is 0 Å². The average molecular weight is 213 g/mol. The van der Waals surface area contributed by atoms with Crippen LogP contribution < -0.4 is 0 Å². The van der Waals surface area contributed by atoms with Crippen molar-refractivity contribution in [3.05, 3.63) is 35.3 Å². The molecule has 0 saturated heterocycles. The van der Waals surface area contributed by atoms with Gasteiger partial charge in [0.05, 0.1) is 0 Å². The smallest absolute Gasteiger partial charge is 0.221 e. The average Bonchev–Trinajstić information content (AvgIpc) is 2.55. The Morgan fingerprint density at radius 3 is 2.91 bits per heavy atom. The van der Waals surface area contributed by atoms with Crippen LogP contribution in [0.3, 0.4) is 0 Å². The van der Waals surface area contributed by atoms with Crippen LogP contribution in [0.2, 0.25) is 0 Å². The summed E-state index contributed by atoms with van der Waals surface area (Å²) in [7, 11) is 0. The summed E-state index contributed by atoms with van der Waals surface area (Å²) in [6.07, 6.45) is 3.53. The van der Waals surface area contributed by atoms with Crippen LogP contribution in [0.4, 0.5) is 0 Å². The van der Waals surface area contributed by atoms with Gasteiger partial charge in [-0.1, -0.05) is 0 Å². The van der Waals surface area contributed by atoms with E-state index in [-0.39, 0.29) is 0 Å². The summed E-state index contributed by atoms with van der Waals surface area (Å²) in [5.41, 5.74) is 0. The van der Waals surface area contributed by atoms with Gasteiger partial charge in [0.1, 0.15) is 0 Å². The van der Waals surface area contributed by atoms with E-state index in [0.717, 1.165) is 0 Å². The Bertz CT molecular complexity index is 339. The van der Waals surface area contributed by atoms with E-state index in [1.54, 1.807) is 10.9 Å². The molecule has 0 fully saturated rings. The van der Waals surface area contributed by atoms with Crippen LogP contribution in [0.25, 0.3) is 5.88 Å². The third kappa shape index (κ3) is 1.21. The zero-order valence-electron chi connectivity index (χ0n) is 5.57. The van der Waals surface area contributed by atoms with Crippen LogP contribution in [-0.2, 0) is 0 Å². The quantitative estimate of drug-likeness (QED) is 0.727. The van der Waals surface area contributed by atoms with Crippen molar-refractivity contribution >= 4 is 15.9 Å². The number of aromatic nitrogens is 2. The molecule has 0 unspecified atom stereocenters. The van der Waals surface area contributed by atoms with E-state index in [9.17, 15) is 0 Å². The van der Waals surface area contributed by atoms with Crippen molar-refractivity contribution in [1.29, 1.82) is 0 Å². The Balaban J connectivity index is 2.45. The van der Waals surface area contributed by atoms with Crippen molar-refractivity contribution in [2.75, 3.05) is 0 Å². The maximum atomic E-state index is 5.24. The van der Waals surface area contributed by atoms with Crippen molar-refractivity contribution < 1.29 is 4.42 Å². The summed E-state index contributed by atoms with van der Waals surface area (Å²) in [5.74, 6) is 0.710. The zero-order valence-corrected chi connectivity index (χ0v) is 7.15. The molecule has 0 aliphatic rings. The molecule has 2 heterocycles. The summed E-state index contributed by atoms with van der Waals surface area (Å²) >= 11 is 3.21. The van der Waals surface area contributed by atoms with E-state index in [0.29, 0.717) is 10.6 Å². The predicted molar refractivity (Wildman–Crippen MR) is 43.5 cm³/mol. The van der Waals surface area contributed by atoms with Crippen molar-refractivity contribution in [3.8, 4) is 5.88 Å². The summed E-state index contributed by atoms with van der Waals surface area (Å²) in [4.78, 5) is 0. The van der Waals surface area contributed by atoms with Crippen molar-refractivity contribution in [3.63, 3.8) is 0 Å². The standard InChI is InChI=1S/C7H5BrN2O/c8-6-2-3-7(11-6)10-5-1-4-9-10/h1-5H. The Labute approximate surface area is 71.8 Å². The predicted octanol–water partition coefficient (Wildman–Crippen LogP) is 2.23. The van der Waals surface area contributed by atoms with E-state index < -0.39 is 0 Å². The molecule has 0 amide bonds. The fourth-order valence-electron chi connectivity index (χ4n) is 0.827. The molecule has 2 aromatic rings. The van der Waals surface area contributed by atoms with Gasteiger partial charge in [0.2, 0.25) is 5.88 Å². The van der Waals surface area contributed by atoms with E-state index in [4.69, 9.17) is 4.42 Å². The third-order valence-electron chi connectivity index (χ3n) is 1.29. The maximum Gasteiger partial charge on any atom is 0.221 e. The highest BCUT2D eigenvalue weighted by Crippen LogP contribution is 2.16. The number of rotatable bonds is 1. The first-order valence-corrected chi connectivity index (χ1v) is 3.91. The third-order valence-corrected chi connectivity index (χ3v) is 1.72. The highest BCUT2D eigenvalue weighted by Gasteiger charge is 1.99. The van der Waals surface area contributed by atoms with Crippen LogP contribution in [0.1, 0.15) is 0 Å². The van der Waals surface area contributed by atoms with Crippen molar-refractivity contribution in [2.45, 2.75) is 0 Å². The molecule has 0 N–H and O–H groups in total. The normalized spacial score (nSPS) is 10.3. The van der Waals surface area contributed by atoms with Gasteiger partial charge >= 0.3 is 0 Å². The Hall–Kier alpha value is -1.03. The summed E-state index contributed by atoms with van der Waals surface area (Å²) in [6, 6.07) is 5.52. The van der Waals surface area contributed by atoms with Gasteiger partial charge < -0.3 is 4.42 Å². The lowest BCUT2D eigenvalue weighted by Crippen LogP contribution is -1.89. The number of halogens is 1. The first kappa shape index (κ1) is 6.67. The van der Waals surface area contributed by atoms with E-state index in [1.165, 1.54) is 0 Å². The molecule has 4 heteroatoms. The lowest BCUT2D eigenvalue weighted by molar-refractivity contribution is 0.501. The van der Waals surface area contributed by atoms with Gasteiger partial charge in [-0.3, -0.25) is 0 Å². The van der Waals surface area contributed by atoms with Crippen LogP contribution in [0.15, 0.2) is 39.7 Å². The summed E-state index contributed by atoms with van der Waals surface area (Å²) < 4.78 is 7.61. The number of furan rings is 1. The highest BCUT2D eigenvalue weighted by molar-refractivity contribution is 9.10. The fourth-order valence-corrected chi connectivity index (χ4v) is 1.13. The molecule has 0 atom stereocenters. The number of nitrogens with zero attached hydrogens (tertiary/aromatic N) is 2.